The molecular weight excluding hydrogens is 250 g/mol. The summed E-state index contributed by atoms with van der Waals surface area (Å²) in [5.74, 6) is 2.47. The third-order valence-electron chi connectivity index (χ3n) is 2.59. The average Bonchev–Trinajstić information content (AvgIpc) is 2.70. The molecule has 0 fully saturated rings. The van der Waals surface area contributed by atoms with Crippen LogP contribution in [-0.2, 0) is 19.4 Å². The Hall–Kier alpha value is -1.49. The first-order valence-corrected chi connectivity index (χ1v) is 6.42. The molecule has 0 aliphatic heterocycles. The molecule has 0 saturated carbocycles. The van der Waals surface area contributed by atoms with Crippen LogP contribution in [0.2, 0.25) is 5.15 Å². The zero-order valence-electron chi connectivity index (χ0n) is 10.8. The van der Waals surface area contributed by atoms with Crippen molar-refractivity contribution in [2.45, 2.75) is 40.2 Å². The predicted octanol–water partition coefficient (Wildman–Crippen LogP) is 2.20. The van der Waals surface area contributed by atoms with Gasteiger partial charge in [-0.15, -0.1) is 0 Å². The zero-order chi connectivity index (χ0) is 13.1. The Morgan fingerprint density at radius 1 is 1.11 bits per heavy atom. The summed E-state index contributed by atoms with van der Waals surface area (Å²) in [5, 5.41) is 4.90. The monoisotopic (exact) mass is 265 g/mol. The van der Waals surface area contributed by atoms with Crippen molar-refractivity contribution >= 4 is 11.6 Å². The first-order chi connectivity index (χ1) is 8.62. The minimum atomic E-state index is 0.464. The molecule has 0 N–H and O–H groups in total. The average molecular weight is 266 g/mol. The molecule has 0 saturated heterocycles. The molecule has 2 rings (SSSR count). The summed E-state index contributed by atoms with van der Waals surface area (Å²) in [6.45, 7) is 6.51. The fraction of sp³-hybridized carbons (Fsp3) is 0.500. The van der Waals surface area contributed by atoms with Crippen LogP contribution < -0.4 is 0 Å². The van der Waals surface area contributed by atoms with Gasteiger partial charge in [-0.05, 0) is 13.0 Å². The van der Waals surface area contributed by atoms with Gasteiger partial charge >= 0.3 is 0 Å². The van der Waals surface area contributed by atoms with Crippen molar-refractivity contribution in [1.29, 1.82) is 0 Å². The van der Waals surface area contributed by atoms with Gasteiger partial charge in [0.2, 0.25) is 0 Å². The van der Waals surface area contributed by atoms with Crippen LogP contribution in [0.1, 0.15) is 37.0 Å². The zero-order valence-corrected chi connectivity index (χ0v) is 11.6. The molecule has 5 nitrogen and oxygen atoms in total. The Morgan fingerprint density at radius 3 is 2.50 bits per heavy atom. The van der Waals surface area contributed by atoms with E-state index in [9.17, 15) is 0 Å². The van der Waals surface area contributed by atoms with Crippen LogP contribution in [0.4, 0.5) is 0 Å². The molecule has 0 spiro atoms. The van der Waals surface area contributed by atoms with E-state index in [0.717, 1.165) is 30.2 Å². The van der Waals surface area contributed by atoms with Crippen LogP contribution in [0.3, 0.4) is 0 Å². The van der Waals surface area contributed by atoms with E-state index < -0.39 is 0 Å². The smallest absolute Gasteiger partial charge is 0.151 e. The molecule has 0 amide bonds. The van der Waals surface area contributed by atoms with Gasteiger partial charge in [-0.2, -0.15) is 5.10 Å². The van der Waals surface area contributed by atoms with Crippen molar-refractivity contribution in [3.05, 3.63) is 34.4 Å². The molecule has 2 aromatic rings. The third-order valence-corrected chi connectivity index (χ3v) is 2.78. The summed E-state index contributed by atoms with van der Waals surface area (Å²) >= 11 is 5.93. The van der Waals surface area contributed by atoms with Gasteiger partial charge in [0.05, 0.1) is 0 Å². The van der Waals surface area contributed by atoms with Gasteiger partial charge in [0.1, 0.15) is 17.5 Å². The molecule has 0 bridgehead atoms. The van der Waals surface area contributed by atoms with Gasteiger partial charge in [0.25, 0.3) is 0 Å². The molecule has 0 aromatic carbocycles. The number of aromatic nitrogens is 5. The van der Waals surface area contributed by atoms with Gasteiger partial charge in [0, 0.05) is 18.5 Å². The van der Waals surface area contributed by atoms with Crippen molar-refractivity contribution in [3.8, 4) is 0 Å². The summed E-state index contributed by atoms with van der Waals surface area (Å²) < 4.78 is 1.85. The van der Waals surface area contributed by atoms with Gasteiger partial charge < -0.3 is 0 Å². The van der Waals surface area contributed by atoms with Crippen molar-refractivity contribution in [3.63, 3.8) is 0 Å². The lowest BCUT2D eigenvalue weighted by atomic mass is 10.4. The molecule has 96 valence electrons. The first kappa shape index (κ1) is 13.0. The minimum absolute atomic E-state index is 0.464. The Morgan fingerprint density at radius 2 is 1.89 bits per heavy atom. The quantitative estimate of drug-likeness (QED) is 0.796. The van der Waals surface area contributed by atoms with E-state index >= 15 is 0 Å². The lowest BCUT2D eigenvalue weighted by molar-refractivity contribution is 0.612. The van der Waals surface area contributed by atoms with E-state index in [1.165, 1.54) is 0 Å². The van der Waals surface area contributed by atoms with Crippen LogP contribution in [-0.4, -0.2) is 24.7 Å². The summed E-state index contributed by atoms with van der Waals surface area (Å²) in [6, 6.07) is 1.74. The Balaban J connectivity index is 2.29. The summed E-state index contributed by atoms with van der Waals surface area (Å²) in [5.41, 5.74) is 0.860. The second-order valence-corrected chi connectivity index (χ2v) is 4.44. The van der Waals surface area contributed by atoms with Crippen LogP contribution in [0.15, 0.2) is 6.07 Å². The molecule has 2 heterocycles. The Kier molecular flexibility index (Phi) is 3.91. The molecule has 0 aliphatic carbocycles. The van der Waals surface area contributed by atoms with Gasteiger partial charge in [-0.25, -0.2) is 19.6 Å². The number of halogens is 1. The van der Waals surface area contributed by atoms with Gasteiger partial charge in [-0.1, -0.05) is 25.4 Å². The molecule has 0 unspecified atom stereocenters. The number of aryl methyl sites for hydroxylation is 3. The lowest BCUT2D eigenvalue weighted by Gasteiger charge is -2.04. The standard InChI is InChI=1S/C12H16ClN5/c1-4-10-16-12(5-2)18(17-10)7-11-14-8(3)6-9(13)15-11/h6H,4-5,7H2,1-3H3. The second kappa shape index (κ2) is 5.44. The maximum atomic E-state index is 5.93. The maximum absolute atomic E-state index is 5.93. The fourth-order valence-electron chi connectivity index (χ4n) is 1.76. The topological polar surface area (TPSA) is 56.5 Å². The fourth-order valence-corrected chi connectivity index (χ4v) is 2.01. The van der Waals surface area contributed by atoms with Gasteiger partial charge in [0.15, 0.2) is 11.6 Å². The Bertz CT molecular complexity index is 529. The largest absolute Gasteiger partial charge is 0.242 e. The molecule has 6 heteroatoms. The molecule has 0 radical (unpaired) electrons. The predicted molar refractivity (Wildman–Crippen MR) is 69.7 cm³/mol. The SMILES string of the molecule is CCc1nc(CC)n(Cc2nc(C)cc(Cl)n2)n1. The number of nitrogens with zero attached hydrogens (tertiary/aromatic N) is 5. The summed E-state index contributed by atoms with van der Waals surface area (Å²) in [7, 11) is 0. The van der Waals surface area contributed by atoms with E-state index in [1.54, 1.807) is 6.07 Å². The van der Waals surface area contributed by atoms with Crippen molar-refractivity contribution in [2.24, 2.45) is 0 Å². The van der Waals surface area contributed by atoms with Crippen LogP contribution in [0.5, 0.6) is 0 Å². The van der Waals surface area contributed by atoms with Crippen LogP contribution >= 0.6 is 11.6 Å². The number of hydrogen-bond acceptors (Lipinski definition) is 4. The highest BCUT2D eigenvalue weighted by atomic mass is 35.5. The number of hydrogen-bond donors (Lipinski definition) is 0. The van der Waals surface area contributed by atoms with Crippen molar-refractivity contribution < 1.29 is 0 Å². The highest BCUT2D eigenvalue weighted by Gasteiger charge is 2.09. The maximum Gasteiger partial charge on any atom is 0.151 e. The normalized spacial score (nSPS) is 10.9. The minimum Gasteiger partial charge on any atom is -0.242 e. The highest BCUT2D eigenvalue weighted by Crippen LogP contribution is 2.09. The second-order valence-electron chi connectivity index (χ2n) is 4.06. The van der Waals surface area contributed by atoms with E-state index in [2.05, 4.69) is 27.0 Å². The molecular formula is C12H16ClN5. The van der Waals surface area contributed by atoms with Crippen molar-refractivity contribution in [2.75, 3.05) is 0 Å². The molecule has 2 aromatic heterocycles. The third kappa shape index (κ3) is 2.85. The molecule has 0 atom stereocenters. The van der Waals surface area contributed by atoms with E-state index in [0.29, 0.717) is 17.5 Å². The van der Waals surface area contributed by atoms with Crippen LogP contribution in [0, 0.1) is 6.92 Å². The lowest BCUT2D eigenvalue weighted by Crippen LogP contribution is -2.10. The number of rotatable bonds is 4. The first-order valence-electron chi connectivity index (χ1n) is 6.05. The highest BCUT2D eigenvalue weighted by molar-refractivity contribution is 6.29. The van der Waals surface area contributed by atoms with Crippen molar-refractivity contribution in [1.82, 2.24) is 24.7 Å². The van der Waals surface area contributed by atoms with E-state index in [4.69, 9.17) is 11.6 Å². The van der Waals surface area contributed by atoms with Crippen LogP contribution in [0.25, 0.3) is 0 Å². The summed E-state index contributed by atoms with van der Waals surface area (Å²) in [6.07, 6.45) is 1.67. The van der Waals surface area contributed by atoms with E-state index in [-0.39, 0.29) is 0 Å². The molecule has 18 heavy (non-hydrogen) atoms. The Labute approximate surface area is 111 Å². The molecule has 0 aliphatic rings. The van der Waals surface area contributed by atoms with Gasteiger partial charge in [-0.3, -0.25) is 0 Å². The van der Waals surface area contributed by atoms with E-state index in [1.807, 2.05) is 18.5 Å². The summed E-state index contributed by atoms with van der Waals surface area (Å²) in [4.78, 5) is 13.0.